The van der Waals surface area contributed by atoms with Gasteiger partial charge in [-0.2, -0.15) is 0 Å². The van der Waals surface area contributed by atoms with Gasteiger partial charge >= 0.3 is 6.09 Å². The molecule has 0 aromatic heterocycles. The Morgan fingerprint density at radius 1 is 1.35 bits per heavy atom. The molecule has 6 nitrogen and oxygen atoms in total. The number of hydrogen-bond acceptors (Lipinski definition) is 4. The molecule has 7 heteroatoms. The summed E-state index contributed by atoms with van der Waals surface area (Å²) < 4.78 is 9.61. The van der Waals surface area contributed by atoms with Crippen LogP contribution >= 0.6 is 12.2 Å². The number of ether oxygens (including phenoxy) is 2. The molecule has 4 N–H and O–H groups in total. The molecule has 0 aliphatic carbocycles. The normalized spacial score (nSPS) is 9.29. The van der Waals surface area contributed by atoms with Crippen LogP contribution in [0.25, 0.3) is 0 Å². The first-order chi connectivity index (χ1) is 8.06. The lowest BCUT2D eigenvalue weighted by Gasteiger charge is -2.11. The van der Waals surface area contributed by atoms with E-state index in [1.807, 2.05) is 0 Å². The summed E-state index contributed by atoms with van der Waals surface area (Å²) in [4.78, 5) is 11.1. The Morgan fingerprint density at radius 2 is 2.06 bits per heavy atom. The maximum absolute atomic E-state index is 11.1. The number of carbonyl (C=O) groups excluding carboxylic acids is 1. The molecule has 0 atom stereocenters. The van der Waals surface area contributed by atoms with Gasteiger partial charge in [-0.05, 0) is 24.4 Å². The van der Waals surface area contributed by atoms with Crippen molar-refractivity contribution in [3.05, 3.63) is 18.2 Å². The molecule has 0 spiro atoms. The van der Waals surface area contributed by atoms with Crippen molar-refractivity contribution in [3.63, 3.8) is 0 Å². The van der Waals surface area contributed by atoms with Crippen LogP contribution in [0, 0.1) is 0 Å². The Morgan fingerprint density at radius 3 is 2.59 bits per heavy atom. The van der Waals surface area contributed by atoms with Gasteiger partial charge in [0.2, 0.25) is 0 Å². The van der Waals surface area contributed by atoms with Crippen LogP contribution < -0.4 is 21.1 Å². The second-order valence-corrected chi connectivity index (χ2v) is 3.46. The van der Waals surface area contributed by atoms with Crippen LogP contribution in [0.1, 0.15) is 0 Å². The first kappa shape index (κ1) is 13.0. The number of anilines is 2. The molecule has 1 aromatic rings. The Hall–Kier alpha value is -2.02. The van der Waals surface area contributed by atoms with E-state index in [1.165, 1.54) is 14.2 Å². The van der Waals surface area contributed by atoms with Crippen LogP contribution in [0.4, 0.5) is 16.2 Å². The van der Waals surface area contributed by atoms with E-state index >= 15 is 0 Å². The van der Waals surface area contributed by atoms with Crippen molar-refractivity contribution in [1.29, 1.82) is 0 Å². The predicted octanol–water partition coefficient (Wildman–Crippen LogP) is 1.53. The average molecular weight is 255 g/mol. The van der Waals surface area contributed by atoms with Crippen LogP contribution in [-0.4, -0.2) is 25.4 Å². The van der Waals surface area contributed by atoms with Crippen molar-refractivity contribution < 1.29 is 14.3 Å². The van der Waals surface area contributed by atoms with Crippen LogP contribution in [0.5, 0.6) is 5.75 Å². The number of amides is 1. The number of rotatable bonds is 3. The Balaban J connectivity index is 2.92. The smallest absolute Gasteiger partial charge is 0.411 e. The van der Waals surface area contributed by atoms with E-state index in [4.69, 9.17) is 22.7 Å². The third-order valence-corrected chi connectivity index (χ3v) is 1.99. The van der Waals surface area contributed by atoms with Crippen LogP contribution in [0.2, 0.25) is 0 Å². The van der Waals surface area contributed by atoms with Gasteiger partial charge in [0.1, 0.15) is 5.75 Å². The van der Waals surface area contributed by atoms with E-state index < -0.39 is 6.09 Å². The zero-order valence-electron chi connectivity index (χ0n) is 9.44. The molecule has 1 amide bonds. The minimum atomic E-state index is -0.571. The van der Waals surface area contributed by atoms with Crippen molar-refractivity contribution in [2.24, 2.45) is 5.73 Å². The highest BCUT2D eigenvalue weighted by Gasteiger charge is 2.08. The lowest BCUT2D eigenvalue weighted by atomic mass is 10.2. The molecule has 92 valence electrons. The van der Waals surface area contributed by atoms with E-state index in [0.29, 0.717) is 17.1 Å². The van der Waals surface area contributed by atoms with Crippen LogP contribution in [-0.2, 0) is 4.74 Å². The van der Waals surface area contributed by atoms with Crippen LogP contribution in [0.15, 0.2) is 18.2 Å². The molecule has 0 bridgehead atoms. The lowest BCUT2D eigenvalue weighted by molar-refractivity contribution is 0.187. The molecular weight excluding hydrogens is 242 g/mol. The van der Waals surface area contributed by atoms with Gasteiger partial charge in [0.15, 0.2) is 5.11 Å². The minimum Gasteiger partial charge on any atom is -0.494 e. The first-order valence-corrected chi connectivity index (χ1v) is 5.07. The average Bonchev–Trinajstić information content (AvgIpc) is 2.30. The maximum Gasteiger partial charge on any atom is 0.411 e. The van der Waals surface area contributed by atoms with Crippen LogP contribution in [0.3, 0.4) is 0 Å². The van der Waals surface area contributed by atoms with E-state index in [1.54, 1.807) is 18.2 Å². The Bertz CT molecular complexity index is 437. The summed E-state index contributed by atoms with van der Waals surface area (Å²) >= 11 is 4.71. The fraction of sp³-hybridized carbons (Fsp3) is 0.200. The molecule has 0 unspecified atom stereocenters. The number of carbonyl (C=O) groups is 1. The third-order valence-electron chi connectivity index (χ3n) is 1.89. The van der Waals surface area contributed by atoms with Crippen molar-refractivity contribution in [3.8, 4) is 5.75 Å². The highest BCUT2D eigenvalue weighted by molar-refractivity contribution is 7.80. The van der Waals surface area contributed by atoms with E-state index in [9.17, 15) is 4.79 Å². The highest BCUT2D eigenvalue weighted by atomic mass is 32.1. The number of thiocarbonyl (C=S) groups is 1. The summed E-state index contributed by atoms with van der Waals surface area (Å²) in [6.45, 7) is 0. The van der Waals surface area contributed by atoms with Gasteiger partial charge in [0.25, 0.3) is 0 Å². The minimum absolute atomic E-state index is 0.153. The summed E-state index contributed by atoms with van der Waals surface area (Å²) in [5.74, 6) is 0.469. The number of nitrogens with one attached hydrogen (secondary N) is 2. The molecule has 1 aromatic carbocycles. The molecule has 17 heavy (non-hydrogen) atoms. The van der Waals surface area contributed by atoms with Gasteiger partial charge < -0.3 is 20.5 Å². The van der Waals surface area contributed by atoms with E-state index in [2.05, 4.69) is 15.4 Å². The van der Waals surface area contributed by atoms with Gasteiger partial charge in [-0.15, -0.1) is 0 Å². The fourth-order valence-electron chi connectivity index (χ4n) is 1.18. The zero-order valence-corrected chi connectivity index (χ0v) is 10.3. The van der Waals surface area contributed by atoms with E-state index in [-0.39, 0.29) is 5.11 Å². The molecule has 0 aliphatic rings. The standard InChI is InChI=1S/C10H13N3O3S/c1-15-8-5-6(12-9(11)17)3-4-7(8)13-10(14)16-2/h3-5H,1-2H3,(H,13,14)(H3,11,12,17). The molecule has 0 saturated heterocycles. The summed E-state index contributed by atoms with van der Waals surface area (Å²) in [5.41, 5.74) is 6.51. The Kier molecular flexibility index (Phi) is 4.53. The monoisotopic (exact) mass is 255 g/mol. The molecule has 0 aliphatic heterocycles. The SMILES string of the molecule is COC(=O)Nc1ccc(NC(N)=S)cc1OC. The Labute approximate surface area is 104 Å². The lowest BCUT2D eigenvalue weighted by Crippen LogP contribution is -2.19. The van der Waals surface area contributed by atoms with Crippen molar-refractivity contribution in [2.75, 3.05) is 24.9 Å². The fourth-order valence-corrected chi connectivity index (χ4v) is 1.29. The van der Waals surface area contributed by atoms with Gasteiger partial charge in [0.05, 0.1) is 19.9 Å². The van der Waals surface area contributed by atoms with Gasteiger partial charge in [-0.1, -0.05) is 0 Å². The number of nitrogens with two attached hydrogens (primary N) is 1. The van der Waals surface area contributed by atoms with Crippen molar-refractivity contribution >= 4 is 34.8 Å². The molecule has 0 radical (unpaired) electrons. The topological polar surface area (TPSA) is 85.6 Å². The summed E-state index contributed by atoms with van der Waals surface area (Å²) in [7, 11) is 2.77. The van der Waals surface area contributed by atoms with Gasteiger partial charge in [-0.3, -0.25) is 5.32 Å². The second kappa shape index (κ2) is 5.90. The maximum atomic E-state index is 11.1. The molecular formula is C10H13N3O3S. The largest absolute Gasteiger partial charge is 0.494 e. The summed E-state index contributed by atoms with van der Waals surface area (Å²) in [6, 6.07) is 5.01. The number of methoxy groups -OCH3 is 2. The quantitative estimate of drug-likeness (QED) is 0.710. The zero-order chi connectivity index (χ0) is 12.8. The molecule has 0 fully saturated rings. The van der Waals surface area contributed by atoms with E-state index in [0.717, 1.165) is 0 Å². The summed E-state index contributed by atoms with van der Waals surface area (Å²) in [5, 5.41) is 5.43. The van der Waals surface area contributed by atoms with Crippen molar-refractivity contribution in [1.82, 2.24) is 0 Å². The predicted molar refractivity (Wildman–Crippen MR) is 69.4 cm³/mol. The molecule has 0 saturated carbocycles. The van der Waals surface area contributed by atoms with Gasteiger partial charge in [0, 0.05) is 11.8 Å². The second-order valence-electron chi connectivity index (χ2n) is 3.02. The molecule has 0 heterocycles. The number of benzene rings is 1. The molecule has 1 rings (SSSR count). The van der Waals surface area contributed by atoms with Crippen molar-refractivity contribution in [2.45, 2.75) is 0 Å². The number of hydrogen-bond donors (Lipinski definition) is 3. The first-order valence-electron chi connectivity index (χ1n) is 4.66. The van der Waals surface area contributed by atoms with Gasteiger partial charge in [-0.25, -0.2) is 4.79 Å². The highest BCUT2D eigenvalue weighted by Crippen LogP contribution is 2.27. The summed E-state index contributed by atoms with van der Waals surface area (Å²) in [6.07, 6.45) is -0.571. The third kappa shape index (κ3) is 3.80.